The third-order valence-corrected chi connectivity index (χ3v) is 4.25. The van der Waals surface area contributed by atoms with Crippen LogP contribution in [0.4, 0.5) is 5.13 Å². The van der Waals surface area contributed by atoms with Crippen molar-refractivity contribution in [1.82, 2.24) is 10.2 Å². The second-order valence-electron chi connectivity index (χ2n) is 3.52. The van der Waals surface area contributed by atoms with Gasteiger partial charge in [0.1, 0.15) is 5.75 Å². The fourth-order valence-electron chi connectivity index (χ4n) is 1.22. The van der Waals surface area contributed by atoms with Gasteiger partial charge in [0.25, 0.3) is 0 Å². The summed E-state index contributed by atoms with van der Waals surface area (Å²) in [7, 11) is 0. The zero-order valence-corrected chi connectivity index (χ0v) is 11.5. The molecule has 2 aromatic rings. The maximum absolute atomic E-state index is 9.58. The Kier molecular flexibility index (Phi) is 4.72. The summed E-state index contributed by atoms with van der Waals surface area (Å²) in [5.41, 5.74) is 0.676. The van der Waals surface area contributed by atoms with Crippen molar-refractivity contribution >= 4 is 34.4 Å². The lowest BCUT2D eigenvalue weighted by molar-refractivity contribution is 0.474. The molecule has 1 N–H and O–H groups in total. The zero-order valence-electron chi connectivity index (χ0n) is 9.91. The number of phenols is 1. The van der Waals surface area contributed by atoms with Crippen molar-refractivity contribution in [1.29, 1.82) is 0 Å². The number of aliphatic imine (C=N–C) groups is 1. The van der Waals surface area contributed by atoms with E-state index in [2.05, 4.69) is 22.1 Å². The zero-order chi connectivity index (χ0) is 12.8. The number of nitrogens with zero attached hydrogens (tertiary/aromatic N) is 3. The molecule has 6 heteroatoms. The number of hydrogen-bond donors (Lipinski definition) is 1. The molecule has 1 aromatic carbocycles. The Bertz CT molecular complexity index is 540. The number of benzene rings is 1. The molecule has 0 atom stereocenters. The summed E-state index contributed by atoms with van der Waals surface area (Å²) in [5, 5.41) is 18.2. The van der Waals surface area contributed by atoms with Gasteiger partial charge in [0, 0.05) is 17.5 Å². The number of hydrogen-bond acceptors (Lipinski definition) is 6. The molecule has 0 fully saturated rings. The van der Waals surface area contributed by atoms with Gasteiger partial charge in [-0.25, -0.2) is 4.99 Å². The molecule has 0 saturated carbocycles. The van der Waals surface area contributed by atoms with Gasteiger partial charge in [-0.1, -0.05) is 42.2 Å². The van der Waals surface area contributed by atoms with Crippen LogP contribution < -0.4 is 0 Å². The molecule has 0 bridgehead atoms. The Labute approximate surface area is 114 Å². The third-order valence-electron chi connectivity index (χ3n) is 2.08. The molecule has 2 rings (SSSR count). The van der Waals surface area contributed by atoms with Crippen LogP contribution in [0.5, 0.6) is 5.75 Å². The van der Waals surface area contributed by atoms with Crippen LogP contribution in [-0.2, 0) is 0 Å². The van der Waals surface area contributed by atoms with Crippen LogP contribution in [0.2, 0.25) is 0 Å². The lowest BCUT2D eigenvalue weighted by Gasteiger charge is -1.94. The van der Waals surface area contributed by atoms with E-state index in [9.17, 15) is 5.11 Å². The highest BCUT2D eigenvalue weighted by atomic mass is 32.2. The topological polar surface area (TPSA) is 58.4 Å². The molecule has 94 valence electrons. The van der Waals surface area contributed by atoms with Gasteiger partial charge in [-0.15, -0.1) is 10.2 Å². The Morgan fingerprint density at radius 3 is 3.00 bits per heavy atom. The van der Waals surface area contributed by atoms with Gasteiger partial charge in [0.2, 0.25) is 5.13 Å². The number of para-hydroxylation sites is 1. The standard InChI is InChI=1S/C12H13N3OS2/c1-2-7-17-12-15-14-11(18-12)13-8-9-5-3-4-6-10(9)16/h3-6,8,16H,2,7H2,1H3. The molecule has 0 aliphatic carbocycles. The molecule has 4 nitrogen and oxygen atoms in total. The molecule has 0 spiro atoms. The molecule has 0 unspecified atom stereocenters. The Morgan fingerprint density at radius 1 is 1.39 bits per heavy atom. The minimum atomic E-state index is 0.214. The lowest BCUT2D eigenvalue weighted by Crippen LogP contribution is -1.80. The summed E-state index contributed by atoms with van der Waals surface area (Å²) >= 11 is 3.15. The van der Waals surface area contributed by atoms with Crippen LogP contribution in [0.1, 0.15) is 18.9 Å². The van der Waals surface area contributed by atoms with Crippen molar-refractivity contribution < 1.29 is 5.11 Å². The predicted molar refractivity (Wildman–Crippen MR) is 76.3 cm³/mol. The Balaban J connectivity index is 2.05. The number of thioether (sulfide) groups is 1. The summed E-state index contributed by atoms with van der Waals surface area (Å²) < 4.78 is 0.932. The monoisotopic (exact) mass is 279 g/mol. The first-order valence-electron chi connectivity index (χ1n) is 5.58. The van der Waals surface area contributed by atoms with E-state index in [4.69, 9.17) is 0 Å². The van der Waals surface area contributed by atoms with Crippen molar-refractivity contribution in [2.75, 3.05) is 5.75 Å². The fraction of sp³-hybridized carbons (Fsp3) is 0.250. The highest BCUT2D eigenvalue weighted by molar-refractivity contribution is 8.01. The van der Waals surface area contributed by atoms with Crippen LogP contribution in [0.15, 0.2) is 33.6 Å². The van der Waals surface area contributed by atoms with Gasteiger partial charge < -0.3 is 5.11 Å². The lowest BCUT2D eigenvalue weighted by atomic mass is 10.2. The molecule has 0 aliphatic heterocycles. The van der Waals surface area contributed by atoms with Crippen LogP contribution in [-0.4, -0.2) is 27.3 Å². The Morgan fingerprint density at radius 2 is 2.22 bits per heavy atom. The van der Waals surface area contributed by atoms with E-state index in [-0.39, 0.29) is 5.75 Å². The average Bonchev–Trinajstić information content (AvgIpc) is 2.83. The van der Waals surface area contributed by atoms with Gasteiger partial charge in [-0.2, -0.15) is 0 Å². The predicted octanol–water partition coefficient (Wildman–Crippen LogP) is 3.50. The largest absolute Gasteiger partial charge is 0.507 e. The molecule has 0 saturated heterocycles. The maximum atomic E-state index is 9.58. The van der Waals surface area contributed by atoms with Gasteiger partial charge in [-0.3, -0.25) is 0 Å². The van der Waals surface area contributed by atoms with E-state index >= 15 is 0 Å². The summed E-state index contributed by atoms with van der Waals surface area (Å²) in [6.45, 7) is 2.13. The van der Waals surface area contributed by atoms with Crippen molar-refractivity contribution in [3.63, 3.8) is 0 Å². The quantitative estimate of drug-likeness (QED) is 0.672. The van der Waals surface area contributed by atoms with Crippen LogP contribution in [0.3, 0.4) is 0 Å². The number of phenolic OH excluding ortho intramolecular Hbond substituents is 1. The van der Waals surface area contributed by atoms with Crippen molar-refractivity contribution in [2.45, 2.75) is 17.7 Å². The third kappa shape index (κ3) is 3.54. The number of aromatic hydroxyl groups is 1. The van der Waals surface area contributed by atoms with Crippen LogP contribution in [0, 0.1) is 0 Å². The second-order valence-corrected chi connectivity index (χ2v) is 5.81. The van der Waals surface area contributed by atoms with E-state index in [0.717, 1.165) is 16.5 Å². The first kappa shape index (κ1) is 13.0. The number of rotatable bonds is 5. The molecular formula is C12H13N3OS2. The first-order chi connectivity index (χ1) is 8.79. The summed E-state index contributed by atoms with van der Waals surface area (Å²) in [5.74, 6) is 1.25. The highest BCUT2D eigenvalue weighted by Gasteiger charge is 2.02. The number of aromatic nitrogens is 2. The van der Waals surface area contributed by atoms with Crippen molar-refractivity contribution in [2.24, 2.45) is 4.99 Å². The van der Waals surface area contributed by atoms with Crippen LogP contribution >= 0.6 is 23.1 Å². The van der Waals surface area contributed by atoms with Gasteiger partial charge in [0.15, 0.2) is 4.34 Å². The maximum Gasteiger partial charge on any atom is 0.232 e. The van der Waals surface area contributed by atoms with E-state index in [1.165, 1.54) is 11.3 Å². The smallest absolute Gasteiger partial charge is 0.232 e. The van der Waals surface area contributed by atoms with Gasteiger partial charge in [-0.05, 0) is 18.6 Å². The molecule has 1 aromatic heterocycles. The molecule has 0 radical (unpaired) electrons. The molecule has 1 heterocycles. The van der Waals surface area contributed by atoms with Crippen molar-refractivity contribution in [3.8, 4) is 5.75 Å². The Hall–Kier alpha value is -1.40. The minimum absolute atomic E-state index is 0.214. The molecule has 18 heavy (non-hydrogen) atoms. The fourth-order valence-corrected chi connectivity index (χ4v) is 2.84. The highest BCUT2D eigenvalue weighted by Crippen LogP contribution is 2.27. The average molecular weight is 279 g/mol. The van der Waals surface area contributed by atoms with E-state index < -0.39 is 0 Å². The molecular weight excluding hydrogens is 266 g/mol. The SMILES string of the molecule is CCCSc1nnc(N=Cc2ccccc2O)s1. The molecule has 0 amide bonds. The van der Waals surface area contributed by atoms with Crippen LogP contribution in [0.25, 0.3) is 0 Å². The van der Waals surface area contributed by atoms with Gasteiger partial charge in [0.05, 0.1) is 0 Å². The second kappa shape index (κ2) is 6.51. The van der Waals surface area contributed by atoms with E-state index in [0.29, 0.717) is 10.7 Å². The summed E-state index contributed by atoms with van der Waals surface area (Å²) in [6.07, 6.45) is 2.71. The summed E-state index contributed by atoms with van der Waals surface area (Å²) in [4.78, 5) is 4.21. The first-order valence-corrected chi connectivity index (χ1v) is 7.38. The minimum Gasteiger partial charge on any atom is -0.507 e. The molecule has 0 aliphatic rings. The normalized spacial score (nSPS) is 11.2. The van der Waals surface area contributed by atoms with Gasteiger partial charge >= 0.3 is 0 Å². The van der Waals surface area contributed by atoms with E-state index in [1.54, 1.807) is 36.2 Å². The van der Waals surface area contributed by atoms with Crippen molar-refractivity contribution in [3.05, 3.63) is 29.8 Å². The summed E-state index contributed by atoms with van der Waals surface area (Å²) in [6, 6.07) is 7.05. The van der Waals surface area contributed by atoms with E-state index in [1.807, 2.05) is 6.07 Å².